The summed E-state index contributed by atoms with van der Waals surface area (Å²) in [6, 6.07) is 13.7. The molecule has 0 saturated heterocycles. The third-order valence-corrected chi connectivity index (χ3v) is 3.69. The molecule has 2 aromatic rings. The summed E-state index contributed by atoms with van der Waals surface area (Å²) < 4.78 is 0. The molecule has 0 heterocycles. The fraction of sp³-hybridized carbons (Fsp3) is 0. The third kappa shape index (κ3) is 4.16. The van der Waals surface area contributed by atoms with Crippen molar-refractivity contribution in [3.8, 4) is 0 Å². The number of rotatable bonds is 0. The van der Waals surface area contributed by atoms with Gasteiger partial charge >= 0.3 is 0 Å². The number of benzene rings is 2. The average Bonchev–Trinajstić information content (AvgIpc) is 2.70. The van der Waals surface area contributed by atoms with Gasteiger partial charge in [0.2, 0.25) is 0 Å². The highest BCUT2D eigenvalue weighted by atomic mass is 29.1. The number of fused-ring (bicyclic) bond motifs is 2. The molecule has 0 aromatic heterocycles. The number of allylic oxidation sites excluding steroid dienone is 4. The van der Waals surface area contributed by atoms with E-state index in [0.29, 0.717) is 22.3 Å². The molecular weight excluding hydrogens is 360 g/mol. The van der Waals surface area contributed by atoms with Gasteiger partial charge in [-0.25, -0.2) is 0 Å². The predicted molar refractivity (Wildman–Crippen MR) is 108 cm³/mol. The van der Waals surface area contributed by atoms with E-state index < -0.39 is 0 Å². The third-order valence-electron chi connectivity index (χ3n) is 3.69. The van der Waals surface area contributed by atoms with Crippen molar-refractivity contribution in [1.29, 1.82) is 0 Å². The van der Waals surface area contributed by atoms with Crippen molar-refractivity contribution in [3.63, 3.8) is 0 Å². The van der Waals surface area contributed by atoms with Crippen molar-refractivity contribution in [3.05, 3.63) is 95.1 Å². The molecule has 6 heteroatoms. The Morgan fingerprint density at radius 1 is 0.423 bits per heavy atom. The number of hydrogen-bond acceptors (Lipinski definition) is 4. The average molecular weight is 379 g/mol. The molecule has 2 aliphatic rings. The summed E-state index contributed by atoms with van der Waals surface area (Å²) in [4.78, 5) is 44.8. The lowest BCUT2D eigenvalue weighted by molar-refractivity contribution is 0.0994. The summed E-state index contributed by atoms with van der Waals surface area (Å²) >= 11 is 0. The molecule has 2 aliphatic carbocycles. The van der Waals surface area contributed by atoms with E-state index in [1.54, 1.807) is 48.5 Å². The van der Waals surface area contributed by atoms with E-state index in [1.807, 2.05) is 0 Å². The van der Waals surface area contributed by atoms with Gasteiger partial charge < -0.3 is 0 Å². The number of hydrogen-bond donors (Lipinski definition) is 0. The Hall–Kier alpha value is -2.97. The van der Waals surface area contributed by atoms with E-state index in [-0.39, 0.29) is 23.1 Å². The van der Waals surface area contributed by atoms with Crippen molar-refractivity contribution in [2.45, 2.75) is 0 Å². The Kier molecular flexibility index (Phi) is 6.65. The van der Waals surface area contributed by atoms with Gasteiger partial charge in [0.25, 0.3) is 0 Å². The minimum Gasteiger partial charge on any atom is -0.289 e. The molecule has 0 aliphatic heterocycles. The molecule has 130 valence electrons. The normalized spacial score (nSPS) is 14.0. The monoisotopic (exact) mass is 378 g/mol. The standard InChI is InChI=1S/2C10H6O2.H6Si2/c2*11-9-5-6-10(12)8-4-2-1-3-7(8)9;1-2/h2*1-6H;1-2H3. The summed E-state index contributed by atoms with van der Waals surface area (Å²) in [5, 5.41) is 0. The van der Waals surface area contributed by atoms with Crippen LogP contribution in [0.15, 0.2) is 72.8 Å². The minimum absolute atomic E-state index is 0.0924. The fourth-order valence-corrected chi connectivity index (χ4v) is 2.49. The largest absolute Gasteiger partial charge is 0.289 e. The van der Waals surface area contributed by atoms with E-state index >= 15 is 0 Å². The summed E-state index contributed by atoms with van der Waals surface area (Å²) in [6.45, 7) is 0. The van der Waals surface area contributed by atoms with Gasteiger partial charge in [-0.15, -0.1) is 0 Å². The Balaban J connectivity index is 0.000000171. The highest BCUT2D eigenvalue weighted by molar-refractivity contribution is 6.75. The maximum absolute atomic E-state index is 11.2. The first kappa shape index (κ1) is 19.4. The van der Waals surface area contributed by atoms with E-state index in [1.165, 1.54) is 43.8 Å². The molecule has 0 spiro atoms. The van der Waals surface area contributed by atoms with Crippen LogP contribution in [0.5, 0.6) is 0 Å². The van der Waals surface area contributed by atoms with E-state index in [0.717, 1.165) is 0 Å². The van der Waals surface area contributed by atoms with Crippen LogP contribution in [0.25, 0.3) is 0 Å². The van der Waals surface area contributed by atoms with Gasteiger partial charge in [0, 0.05) is 22.3 Å². The van der Waals surface area contributed by atoms with Gasteiger partial charge in [-0.3, -0.25) is 19.2 Å². The lowest BCUT2D eigenvalue weighted by Gasteiger charge is -2.06. The zero-order chi connectivity index (χ0) is 19.1. The zero-order valence-electron chi connectivity index (χ0n) is 14.6. The molecule has 0 unspecified atom stereocenters. The molecular formula is C20H18O4Si2. The van der Waals surface area contributed by atoms with Crippen LogP contribution in [0.2, 0.25) is 0 Å². The first-order valence-corrected chi connectivity index (χ1v) is 16.3. The molecule has 0 atom stereocenters. The lowest BCUT2D eigenvalue weighted by atomic mass is 9.95. The summed E-state index contributed by atoms with van der Waals surface area (Å²) in [7, 11) is 2.89. The first-order valence-electron chi connectivity index (χ1n) is 8.29. The molecule has 0 radical (unpaired) electrons. The number of ketones is 4. The zero-order valence-corrected chi connectivity index (χ0v) is 18.6. The van der Waals surface area contributed by atoms with E-state index in [9.17, 15) is 19.2 Å². The molecule has 26 heavy (non-hydrogen) atoms. The Morgan fingerprint density at radius 2 is 0.615 bits per heavy atom. The summed E-state index contributed by atoms with van der Waals surface area (Å²) in [5.41, 5.74) is 2.02. The highest BCUT2D eigenvalue weighted by Gasteiger charge is 2.17. The van der Waals surface area contributed by atoms with Crippen LogP contribution in [0.3, 0.4) is 0 Å². The summed E-state index contributed by atoms with van der Waals surface area (Å²) in [6.07, 6.45) is 5.24. The van der Waals surface area contributed by atoms with Gasteiger partial charge in [-0.05, 0) is 43.8 Å². The van der Waals surface area contributed by atoms with Crippen molar-refractivity contribution in [1.82, 2.24) is 0 Å². The van der Waals surface area contributed by atoms with Gasteiger partial charge in [0.15, 0.2) is 23.1 Å². The number of carbonyl (C=O) groups is 4. The maximum Gasteiger partial charge on any atom is 0.186 e. The molecule has 0 N–H and O–H groups in total. The Labute approximate surface area is 157 Å². The van der Waals surface area contributed by atoms with Crippen LogP contribution >= 0.6 is 0 Å². The maximum atomic E-state index is 11.2. The quantitative estimate of drug-likeness (QED) is 0.638. The van der Waals surface area contributed by atoms with Crippen LogP contribution in [0.4, 0.5) is 0 Å². The van der Waals surface area contributed by atoms with Gasteiger partial charge in [-0.1, -0.05) is 48.5 Å². The molecule has 4 rings (SSSR count). The van der Waals surface area contributed by atoms with Gasteiger partial charge in [0.05, 0.1) is 0 Å². The van der Waals surface area contributed by atoms with Crippen molar-refractivity contribution >= 4 is 42.7 Å². The van der Waals surface area contributed by atoms with Crippen LogP contribution in [0.1, 0.15) is 41.4 Å². The van der Waals surface area contributed by atoms with Crippen LogP contribution in [0, 0.1) is 0 Å². The Morgan fingerprint density at radius 3 is 0.808 bits per heavy atom. The molecule has 0 saturated carbocycles. The fourth-order valence-electron chi connectivity index (χ4n) is 2.49. The van der Waals surface area contributed by atoms with Crippen LogP contribution < -0.4 is 0 Å². The van der Waals surface area contributed by atoms with Crippen molar-refractivity contribution in [2.75, 3.05) is 0 Å². The molecule has 2 aromatic carbocycles. The van der Waals surface area contributed by atoms with Crippen LogP contribution in [-0.2, 0) is 0 Å². The summed E-state index contributed by atoms with van der Waals surface area (Å²) in [5.74, 6) is -0.370. The second kappa shape index (κ2) is 8.93. The topological polar surface area (TPSA) is 68.3 Å². The van der Waals surface area contributed by atoms with Gasteiger partial charge in [0.1, 0.15) is 0 Å². The van der Waals surface area contributed by atoms with Crippen molar-refractivity contribution in [2.24, 2.45) is 0 Å². The van der Waals surface area contributed by atoms with Crippen LogP contribution in [-0.4, -0.2) is 42.7 Å². The Bertz CT molecular complexity index is 791. The second-order valence-electron chi connectivity index (χ2n) is 5.21. The minimum atomic E-state index is -0.0924. The second-order valence-corrected chi connectivity index (χ2v) is 5.21. The lowest BCUT2D eigenvalue weighted by Crippen LogP contribution is -2.10. The number of carbonyl (C=O) groups excluding carboxylic acids is 4. The van der Waals surface area contributed by atoms with Crippen molar-refractivity contribution < 1.29 is 19.2 Å². The molecule has 0 fully saturated rings. The molecule has 0 bridgehead atoms. The smallest absolute Gasteiger partial charge is 0.186 e. The predicted octanol–water partition coefficient (Wildman–Crippen LogP) is 0.876. The van der Waals surface area contributed by atoms with E-state index in [4.69, 9.17) is 0 Å². The SMILES string of the molecule is O=C1C=CC(=O)c2ccccc21.O=C1C=CC(=O)c2ccccc21.[SiH3][SiH3]. The van der Waals surface area contributed by atoms with E-state index in [2.05, 4.69) is 0 Å². The highest BCUT2D eigenvalue weighted by Crippen LogP contribution is 2.16. The first-order chi connectivity index (χ1) is 12.6. The molecule has 0 amide bonds. The van der Waals surface area contributed by atoms with Gasteiger partial charge in [-0.2, -0.15) is 0 Å². The molecule has 4 nitrogen and oxygen atoms in total.